The smallest absolute Gasteiger partial charge is 0.341 e. The van der Waals surface area contributed by atoms with Crippen molar-refractivity contribution in [3.8, 4) is 5.69 Å². The molecular formula is C20H14F3N3O3. The zero-order valence-corrected chi connectivity index (χ0v) is 14.8. The number of benzene rings is 1. The summed E-state index contributed by atoms with van der Waals surface area (Å²) in [4.78, 5) is 28.2. The molecular weight excluding hydrogens is 387 g/mol. The van der Waals surface area contributed by atoms with Crippen molar-refractivity contribution in [2.45, 2.75) is 18.9 Å². The molecule has 0 amide bonds. The van der Waals surface area contributed by atoms with E-state index in [4.69, 9.17) is 5.73 Å². The molecule has 0 saturated heterocycles. The Hall–Kier alpha value is -3.46. The fraction of sp³-hybridized carbons (Fsp3) is 0.150. The minimum absolute atomic E-state index is 0.0517. The van der Waals surface area contributed by atoms with Crippen LogP contribution >= 0.6 is 0 Å². The number of aromatic nitrogens is 2. The summed E-state index contributed by atoms with van der Waals surface area (Å²) in [6.45, 7) is 0. The molecule has 1 aromatic carbocycles. The highest BCUT2D eigenvalue weighted by molar-refractivity contribution is 5.92. The topological polar surface area (TPSA) is 98.2 Å². The predicted octanol–water partition coefficient (Wildman–Crippen LogP) is 3.01. The first kappa shape index (κ1) is 18.9. The van der Waals surface area contributed by atoms with Gasteiger partial charge in [0.25, 0.3) is 0 Å². The number of allylic oxidation sites excluding steroid dienone is 1. The van der Waals surface area contributed by atoms with Gasteiger partial charge >= 0.3 is 5.97 Å². The van der Waals surface area contributed by atoms with Gasteiger partial charge in [0.05, 0.1) is 11.1 Å². The van der Waals surface area contributed by atoms with Crippen LogP contribution in [0.1, 0.15) is 28.9 Å². The molecule has 0 radical (unpaired) electrons. The Morgan fingerprint density at radius 1 is 1.21 bits per heavy atom. The molecule has 9 heteroatoms. The van der Waals surface area contributed by atoms with Gasteiger partial charge < -0.3 is 10.8 Å². The quantitative estimate of drug-likeness (QED) is 0.703. The molecule has 0 aliphatic heterocycles. The number of aromatic carboxylic acids is 1. The van der Waals surface area contributed by atoms with E-state index in [-0.39, 0.29) is 28.5 Å². The van der Waals surface area contributed by atoms with Crippen LogP contribution < -0.4 is 11.2 Å². The fourth-order valence-electron chi connectivity index (χ4n) is 3.41. The summed E-state index contributed by atoms with van der Waals surface area (Å²) < 4.78 is 43.5. The second kappa shape index (κ2) is 6.85. The zero-order chi connectivity index (χ0) is 20.9. The third kappa shape index (κ3) is 3.19. The number of carbonyl (C=O) groups is 1. The van der Waals surface area contributed by atoms with Gasteiger partial charge in [0.15, 0.2) is 0 Å². The van der Waals surface area contributed by atoms with E-state index in [0.717, 1.165) is 29.0 Å². The third-order valence-electron chi connectivity index (χ3n) is 4.80. The Balaban J connectivity index is 2.09. The molecule has 1 unspecified atom stereocenters. The molecule has 6 nitrogen and oxygen atoms in total. The van der Waals surface area contributed by atoms with Gasteiger partial charge in [0.2, 0.25) is 5.43 Å². The molecule has 2 aromatic heterocycles. The van der Waals surface area contributed by atoms with Crippen LogP contribution in [0.25, 0.3) is 22.3 Å². The van der Waals surface area contributed by atoms with Crippen LogP contribution in [0.5, 0.6) is 0 Å². The van der Waals surface area contributed by atoms with Gasteiger partial charge in [0, 0.05) is 18.3 Å². The minimum Gasteiger partial charge on any atom is -0.477 e. The van der Waals surface area contributed by atoms with Crippen LogP contribution in [0.3, 0.4) is 0 Å². The molecule has 1 atom stereocenters. The summed E-state index contributed by atoms with van der Waals surface area (Å²) in [6.07, 6.45) is 3.63. The van der Waals surface area contributed by atoms with Gasteiger partial charge in [0.1, 0.15) is 34.4 Å². The van der Waals surface area contributed by atoms with E-state index in [2.05, 4.69) is 4.98 Å². The molecule has 0 bridgehead atoms. The zero-order valence-electron chi connectivity index (χ0n) is 14.8. The van der Waals surface area contributed by atoms with E-state index < -0.39 is 34.4 Å². The second-order valence-corrected chi connectivity index (χ2v) is 6.73. The first-order valence-corrected chi connectivity index (χ1v) is 8.67. The van der Waals surface area contributed by atoms with E-state index in [0.29, 0.717) is 24.5 Å². The van der Waals surface area contributed by atoms with Crippen LogP contribution in [0.2, 0.25) is 0 Å². The lowest BCUT2D eigenvalue weighted by molar-refractivity contribution is 0.0695. The van der Waals surface area contributed by atoms with E-state index in [1.54, 1.807) is 6.08 Å². The number of nitrogens with zero attached hydrogens (tertiary/aromatic N) is 2. The molecule has 29 heavy (non-hydrogen) atoms. The monoisotopic (exact) mass is 401 g/mol. The number of pyridine rings is 2. The van der Waals surface area contributed by atoms with Crippen molar-refractivity contribution in [2.24, 2.45) is 5.73 Å². The number of hydrogen-bond donors (Lipinski definition) is 2. The third-order valence-corrected chi connectivity index (χ3v) is 4.80. The van der Waals surface area contributed by atoms with Crippen molar-refractivity contribution in [1.82, 2.24) is 9.55 Å². The van der Waals surface area contributed by atoms with E-state index in [1.165, 1.54) is 0 Å². The lowest BCUT2D eigenvalue weighted by Crippen LogP contribution is -2.20. The molecule has 4 rings (SSSR count). The Labute approximate surface area is 161 Å². The minimum atomic E-state index is -1.57. The molecule has 1 aliphatic carbocycles. The molecule has 1 aliphatic rings. The number of halogens is 3. The highest BCUT2D eigenvalue weighted by Crippen LogP contribution is 2.30. The molecule has 0 fully saturated rings. The maximum absolute atomic E-state index is 14.7. The van der Waals surface area contributed by atoms with Crippen LogP contribution in [0.15, 0.2) is 41.3 Å². The van der Waals surface area contributed by atoms with Gasteiger partial charge in [-0.15, -0.1) is 0 Å². The highest BCUT2D eigenvalue weighted by atomic mass is 19.1. The summed E-state index contributed by atoms with van der Waals surface area (Å²) in [6, 6.07) is 3.30. The Morgan fingerprint density at radius 2 is 1.97 bits per heavy atom. The molecule has 3 N–H and O–H groups in total. The van der Waals surface area contributed by atoms with E-state index in [1.807, 2.05) is 0 Å². The fourth-order valence-corrected chi connectivity index (χ4v) is 3.41. The second-order valence-electron chi connectivity index (χ2n) is 6.73. The van der Waals surface area contributed by atoms with E-state index in [9.17, 15) is 27.9 Å². The van der Waals surface area contributed by atoms with Crippen molar-refractivity contribution >= 4 is 22.6 Å². The van der Waals surface area contributed by atoms with Gasteiger partial charge in [-0.3, -0.25) is 9.36 Å². The van der Waals surface area contributed by atoms with Gasteiger partial charge in [-0.1, -0.05) is 6.08 Å². The normalized spacial score (nSPS) is 16.3. The average molecular weight is 401 g/mol. The Kier molecular flexibility index (Phi) is 4.46. The summed E-state index contributed by atoms with van der Waals surface area (Å²) in [7, 11) is 0. The number of fused-ring (bicyclic) bond motifs is 1. The predicted molar refractivity (Wildman–Crippen MR) is 99.4 cm³/mol. The molecule has 0 saturated carbocycles. The van der Waals surface area contributed by atoms with Crippen LogP contribution in [-0.2, 0) is 0 Å². The Morgan fingerprint density at radius 3 is 2.59 bits per heavy atom. The van der Waals surface area contributed by atoms with Crippen molar-refractivity contribution in [2.75, 3.05) is 0 Å². The molecule has 2 heterocycles. The number of hydrogen-bond acceptors (Lipinski definition) is 4. The lowest BCUT2D eigenvalue weighted by Gasteiger charge is -2.14. The van der Waals surface area contributed by atoms with Crippen molar-refractivity contribution in [3.63, 3.8) is 0 Å². The average Bonchev–Trinajstić information content (AvgIpc) is 3.08. The summed E-state index contributed by atoms with van der Waals surface area (Å²) in [5, 5.41) is 9.00. The first-order chi connectivity index (χ1) is 13.8. The van der Waals surface area contributed by atoms with Crippen molar-refractivity contribution in [3.05, 3.63) is 75.5 Å². The van der Waals surface area contributed by atoms with Gasteiger partial charge in [-0.05, 0) is 36.6 Å². The summed E-state index contributed by atoms with van der Waals surface area (Å²) in [5.74, 6) is -4.22. The number of carboxylic acid groups (broad SMARTS) is 1. The van der Waals surface area contributed by atoms with E-state index >= 15 is 0 Å². The van der Waals surface area contributed by atoms with Gasteiger partial charge in [-0.2, -0.15) is 0 Å². The largest absolute Gasteiger partial charge is 0.477 e. The molecule has 0 spiro atoms. The van der Waals surface area contributed by atoms with Crippen LogP contribution in [0, 0.1) is 17.5 Å². The SMILES string of the molecule is NC1C=C(c2nc3c(cc2F)c(=O)c(C(=O)O)cn3-c2ccc(F)cc2F)CC1. The molecule has 148 valence electrons. The highest BCUT2D eigenvalue weighted by Gasteiger charge is 2.23. The number of nitrogens with two attached hydrogens (primary N) is 1. The summed E-state index contributed by atoms with van der Waals surface area (Å²) in [5.41, 5.74) is 4.27. The van der Waals surface area contributed by atoms with Gasteiger partial charge in [-0.25, -0.2) is 22.9 Å². The molecule has 3 aromatic rings. The maximum Gasteiger partial charge on any atom is 0.341 e. The number of rotatable bonds is 3. The standard InChI is InChI=1S/C20H14F3N3O3/c21-10-2-4-16(14(22)6-10)26-8-13(20(28)29)18(27)12-7-15(23)17(25-19(12)26)9-1-3-11(24)5-9/h2,4-8,11H,1,3,24H2,(H,28,29). The van der Waals surface area contributed by atoms with Crippen molar-refractivity contribution in [1.29, 1.82) is 0 Å². The van der Waals surface area contributed by atoms with Crippen LogP contribution in [-0.4, -0.2) is 26.7 Å². The lowest BCUT2D eigenvalue weighted by atomic mass is 10.1. The first-order valence-electron chi connectivity index (χ1n) is 8.67. The number of carboxylic acids is 1. The van der Waals surface area contributed by atoms with Crippen LogP contribution in [0.4, 0.5) is 13.2 Å². The summed E-state index contributed by atoms with van der Waals surface area (Å²) >= 11 is 0. The maximum atomic E-state index is 14.7. The van der Waals surface area contributed by atoms with Crippen molar-refractivity contribution < 1.29 is 23.1 Å². The Bertz CT molecular complexity index is 1270.